The van der Waals surface area contributed by atoms with E-state index in [0.717, 1.165) is 16.3 Å². The van der Waals surface area contributed by atoms with Crippen molar-refractivity contribution < 1.29 is 13.9 Å². The number of carbonyl (C=O) groups is 1. The van der Waals surface area contributed by atoms with Gasteiger partial charge in [0.05, 0.1) is 17.8 Å². The number of aryl methyl sites for hydroxylation is 2. The quantitative estimate of drug-likeness (QED) is 0.687. The molecule has 0 unspecified atom stereocenters. The van der Waals surface area contributed by atoms with Crippen LogP contribution in [0.3, 0.4) is 0 Å². The highest BCUT2D eigenvalue weighted by atomic mass is 32.1. The summed E-state index contributed by atoms with van der Waals surface area (Å²) in [6.45, 7) is 4.16. The summed E-state index contributed by atoms with van der Waals surface area (Å²) in [6.07, 6.45) is 0.0916. The second-order valence-corrected chi connectivity index (χ2v) is 6.99. The van der Waals surface area contributed by atoms with Crippen LogP contribution >= 0.6 is 11.3 Å². The number of amides is 1. The monoisotopic (exact) mass is 370 g/mol. The maximum atomic E-state index is 13.8. The van der Waals surface area contributed by atoms with E-state index in [1.54, 1.807) is 19.1 Å². The van der Waals surface area contributed by atoms with E-state index in [9.17, 15) is 9.18 Å². The molecule has 2 aromatic carbocycles. The summed E-state index contributed by atoms with van der Waals surface area (Å²) >= 11 is 1.44. The highest BCUT2D eigenvalue weighted by Crippen LogP contribution is 2.18. The molecular weight excluding hydrogens is 351 g/mol. The summed E-state index contributed by atoms with van der Waals surface area (Å²) in [6, 6.07) is 12.5. The molecule has 0 radical (unpaired) electrons. The minimum atomic E-state index is -0.441. The number of rotatable bonds is 6. The van der Waals surface area contributed by atoms with Crippen molar-refractivity contribution >= 4 is 22.9 Å². The van der Waals surface area contributed by atoms with Crippen LogP contribution in [0, 0.1) is 19.7 Å². The normalized spacial score (nSPS) is 10.6. The lowest BCUT2D eigenvalue weighted by Gasteiger charge is -2.06. The van der Waals surface area contributed by atoms with Crippen molar-refractivity contribution in [1.29, 1.82) is 0 Å². The number of hydrogen-bond donors (Lipinski definition) is 1. The Balaban J connectivity index is 1.54. The van der Waals surface area contributed by atoms with Gasteiger partial charge in [-0.25, -0.2) is 9.37 Å². The largest absolute Gasteiger partial charge is 0.486 e. The number of hydrogen-bond acceptors (Lipinski definition) is 4. The Morgan fingerprint density at radius 3 is 2.62 bits per heavy atom. The number of carbonyl (C=O) groups excluding carboxylic acids is 1. The van der Waals surface area contributed by atoms with E-state index in [2.05, 4.69) is 10.3 Å². The molecule has 3 rings (SSSR count). The Hall–Kier alpha value is -2.73. The van der Waals surface area contributed by atoms with Gasteiger partial charge < -0.3 is 10.1 Å². The van der Waals surface area contributed by atoms with Crippen molar-refractivity contribution in [3.63, 3.8) is 0 Å². The third kappa shape index (κ3) is 4.89. The minimum Gasteiger partial charge on any atom is -0.486 e. The molecule has 0 aliphatic heterocycles. The molecule has 26 heavy (non-hydrogen) atoms. The Labute approximate surface area is 155 Å². The first-order chi connectivity index (χ1) is 12.5. The van der Waals surface area contributed by atoms with Gasteiger partial charge in [0.25, 0.3) is 0 Å². The smallest absolute Gasteiger partial charge is 0.230 e. The first kappa shape index (κ1) is 18.1. The van der Waals surface area contributed by atoms with Gasteiger partial charge in [0.1, 0.15) is 23.2 Å². The average molecular weight is 370 g/mol. The Morgan fingerprint density at radius 2 is 1.88 bits per heavy atom. The minimum absolute atomic E-state index is 0.0916. The molecule has 3 aromatic rings. The number of ether oxygens (including phenoxy) is 1. The highest BCUT2D eigenvalue weighted by molar-refractivity contribution is 7.09. The van der Waals surface area contributed by atoms with Crippen LogP contribution in [0.4, 0.5) is 10.1 Å². The van der Waals surface area contributed by atoms with Crippen molar-refractivity contribution in [2.24, 2.45) is 0 Å². The first-order valence-electron chi connectivity index (χ1n) is 8.18. The maximum absolute atomic E-state index is 13.8. The molecule has 1 aromatic heterocycles. The van der Waals surface area contributed by atoms with Crippen molar-refractivity contribution in [2.75, 3.05) is 5.32 Å². The lowest BCUT2D eigenvalue weighted by atomic mass is 10.2. The molecule has 6 heteroatoms. The van der Waals surface area contributed by atoms with Gasteiger partial charge in [-0.1, -0.05) is 23.8 Å². The van der Waals surface area contributed by atoms with Crippen molar-refractivity contribution in [1.82, 2.24) is 4.98 Å². The van der Waals surface area contributed by atoms with Gasteiger partial charge in [0, 0.05) is 5.38 Å². The van der Waals surface area contributed by atoms with Gasteiger partial charge in [-0.05, 0) is 43.7 Å². The number of nitrogens with one attached hydrogen (secondary N) is 1. The molecule has 0 bridgehead atoms. The zero-order valence-electron chi connectivity index (χ0n) is 14.6. The van der Waals surface area contributed by atoms with Crippen LogP contribution in [0.1, 0.15) is 21.8 Å². The molecule has 1 N–H and O–H groups in total. The molecule has 134 valence electrons. The second kappa shape index (κ2) is 8.10. The van der Waals surface area contributed by atoms with E-state index in [1.165, 1.54) is 23.0 Å². The molecule has 4 nitrogen and oxygen atoms in total. The van der Waals surface area contributed by atoms with E-state index >= 15 is 0 Å². The van der Waals surface area contributed by atoms with E-state index in [-0.39, 0.29) is 18.0 Å². The predicted molar refractivity (Wildman–Crippen MR) is 101 cm³/mol. The SMILES string of the molecule is Cc1ccc(OCc2nc(CC(=O)Nc3ccc(C)cc3F)cs2)cc1. The number of halogens is 1. The first-order valence-corrected chi connectivity index (χ1v) is 9.06. The van der Waals surface area contributed by atoms with Gasteiger partial charge in [-0.3, -0.25) is 4.79 Å². The number of nitrogens with zero attached hydrogens (tertiary/aromatic N) is 1. The van der Waals surface area contributed by atoms with Crippen LogP contribution in [0.5, 0.6) is 5.75 Å². The van der Waals surface area contributed by atoms with E-state index in [4.69, 9.17) is 4.74 Å². The van der Waals surface area contributed by atoms with Gasteiger partial charge >= 0.3 is 0 Å². The van der Waals surface area contributed by atoms with Crippen LogP contribution in [0.25, 0.3) is 0 Å². The van der Waals surface area contributed by atoms with Crippen LogP contribution < -0.4 is 10.1 Å². The molecule has 0 saturated heterocycles. The van der Waals surface area contributed by atoms with Gasteiger partial charge in [-0.15, -0.1) is 11.3 Å². The summed E-state index contributed by atoms with van der Waals surface area (Å²) in [7, 11) is 0. The van der Waals surface area contributed by atoms with Gasteiger partial charge in [0.2, 0.25) is 5.91 Å². The van der Waals surface area contributed by atoms with Crippen LogP contribution in [0.15, 0.2) is 47.8 Å². The van der Waals surface area contributed by atoms with Crippen LogP contribution in [-0.2, 0) is 17.8 Å². The highest BCUT2D eigenvalue weighted by Gasteiger charge is 2.11. The molecule has 0 aliphatic carbocycles. The summed E-state index contributed by atoms with van der Waals surface area (Å²) < 4.78 is 19.5. The van der Waals surface area contributed by atoms with Crippen molar-refractivity contribution in [3.8, 4) is 5.75 Å². The summed E-state index contributed by atoms with van der Waals surface area (Å²) in [5.74, 6) is 0.0350. The van der Waals surface area contributed by atoms with Gasteiger partial charge in [-0.2, -0.15) is 0 Å². The zero-order chi connectivity index (χ0) is 18.5. The van der Waals surface area contributed by atoms with Crippen LogP contribution in [0.2, 0.25) is 0 Å². The van der Waals surface area contributed by atoms with Crippen LogP contribution in [-0.4, -0.2) is 10.9 Å². The number of thiazole rings is 1. The number of anilines is 1. The second-order valence-electron chi connectivity index (χ2n) is 6.04. The number of aromatic nitrogens is 1. The molecule has 0 spiro atoms. The third-order valence-corrected chi connectivity index (χ3v) is 4.59. The van der Waals surface area contributed by atoms with Crippen molar-refractivity contribution in [2.45, 2.75) is 26.9 Å². The predicted octanol–water partition coefficient (Wildman–Crippen LogP) is 4.66. The molecule has 0 saturated carbocycles. The lowest BCUT2D eigenvalue weighted by Crippen LogP contribution is -2.15. The summed E-state index contributed by atoms with van der Waals surface area (Å²) in [5.41, 5.74) is 2.80. The number of benzene rings is 2. The lowest BCUT2D eigenvalue weighted by molar-refractivity contribution is -0.115. The van der Waals surface area contributed by atoms with Crippen molar-refractivity contribution in [3.05, 3.63) is 75.5 Å². The topological polar surface area (TPSA) is 51.2 Å². The standard InChI is InChI=1S/C20H19FN2O2S/c1-13-3-6-16(7-4-13)25-11-20-22-15(12-26-20)10-19(24)23-18-8-5-14(2)9-17(18)21/h3-9,12H,10-11H2,1-2H3,(H,23,24). The maximum Gasteiger partial charge on any atom is 0.230 e. The van der Waals surface area contributed by atoms with E-state index < -0.39 is 5.82 Å². The summed E-state index contributed by atoms with van der Waals surface area (Å²) in [4.78, 5) is 16.5. The molecule has 1 heterocycles. The molecular formula is C20H19FN2O2S. The molecule has 0 atom stereocenters. The fourth-order valence-electron chi connectivity index (χ4n) is 2.36. The molecule has 1 amide bonds. The van der Waals surface area contributed by atoms with Gasteiger partial charge in [0.15, 0.2) is 0 Å². The molecule has 0 fully saturated rings. The fraction of sp³-hybridized carbons (Fsp3) is 0.200. The fourth-order valence-corrected chi connectivity index (χ4v) is 3.06. The Bertz CT molecular complexity index is 906. The molecule has 0 aliphatic rings. The zero-order valence-corrected chi connectivity index (χ0v) is 15.4. The Morgan fingerprint density at radius 1 is 1.15 bits per heavy atom. The average Bonchev–Trinajstić information content (AvgIpc) is 3.04. The van der Waals surface area contributed by atoms with E-state index in [0.29, 0.717) is 12.3 Å². The summed E-state index contributed by atoms with van der Waals surface area (Å²) in [5, 5.41) is 5.18. The Kier molecular flexibility index (Phi) is 5.63. The van der Waals surface area contributed by atoms with E-state index in [1.807, 2.05) is 36.6 Å². The third-order valence-electron chi connectivity index (χ3n) is 3.72.